The molecule has 2 aliphatic heterocycles. The van der Waals surface area contributed by atoms with Crippen molar-refractivity contribution in [1.82, 2.24) is 10.4 Å². The highest BCUT2D eigenvalue weighted by molar-refractivity contribution is 7.92. The SMILES string of the molecule is O=C(CC1(c2ccc(Oc3ccc(Cl)cc3)cc2)CCN(C(=O)c2cccs2)CCS1(=O)=O)NOC1CCCCO1. The Kier molecular flexibility index (Phi) is 9.30. The number of nitrogens with zero attached hydrogens (tertiary/aromatic N) is 1. The molecule has 0 saturated carbocycles. The minimum atomic E-state index is -3.92. The molecule has 3 heterocycles. The van der Waals surface area contributed by atoms with Gasteiger partial charge in [0.2, 0.25) is 5.91 Å². The van der Waals surface area contributed by atoms with Crippen LogP contribution < -0.4 is 10.2 Å². The lowest BCUT2D eigenvalue weighted by molar-refractivity contribution is -0.200. The number of rotatable bonds is 8. The number of benzene rings is 2. The number of hydroxylamine groups is 1. The van der Waals surface area contributed by atoms with Crippen molar-refractivity contribution in [2.75, 3.05) is 25.4 Å². The Balaban J connectivity index is 1.41. The van der Waals surface area contributed by atoms with E-state index in [1.54, 1.807) is 70.9 Å². The second kappa shape index (κ2) is 12.9. The Labute approximate surface area is 248 Å². The molecule has 218 valence electrons. The number of nitrogens with one attached hydrogen (secondary N) is 1. The number of carbonyl (C=O) groups excluding carboxylic acids is 2. The smallest absolute Gasteiger partial charge is 0.263 e. The molecule has 2 fully saturated rings. The first kappa shape index (κ1) is 29.5. The summed E-state index contributed by atoms with van der Waals surface area (Å²) in [4.78, 5) is 33.9. The Morgan fingerprint density at radius 2 is 1.78 bits per heavy atom. The summed E-state index contributed by atoms with van der Waals surface area (Å²) in [6.45, 7) is 0.739. The summed E-state index contributed by atoms with van der Waals surface area (Å²) in [5.41, 5.74) is 2.85. The van der Waals surface area contributed by atoms with Gasteiger partial charge in [0, 0.05) is 31.1 Å². The van der Waals surface area contributed by atoms with E-state index in [0.717, 1.165) is 12.8 Å². The molecule has 3 aromatic rings. The normalized spacial score (nSPS) is 22.5. The molecule has 1 N–H and O–H groups in total. The van der Waals surface area contributed by atoms with Gasteiger partial charge in [-0.2, -0.15) is 0 Å². The molecular weight excluding hydrogens is 588 g/mol. The zero-order valence-electron chi connectivity index (χ0n) is 22.3. The predicted octanol–water partition coefficient (Wildman–Crippen LogP) is 5.31. The van der Waals surface area contributed by atoms with Gasteiger partial charge in [-0.05, 0) is 72.7 Å². The molecule has 12 heteroatoms. The van der Waals surface area contributed by atoms with Crippen LogP contribution in [0.1, 0.15) is 47.3 Å². The number of hydrogen-bond acceptors (Lipinski definition) is 8. The van der Waals surface area contributed by atoms with Gasteiger partial charge in [-0.25, -0.2) is 18.7 Å². The van der Waals surface area contributed by atoms with Gasteiger partial charge in [-0.3, -0.25) is 9.59 Å². The van der Waals surface area contributed by atoms with Crippen LogP contribution in [-0.4, -0.2) is 56.9 Å². The van der Waals surface area contributed by atoms with Crippen LogP contribution in [0.15, 0.2) is 66.0 Å². The van der Waals surface area contributed by atoms with Crippen molar-refractivity contribution in [3.05, 3.63) is 81.5 Å². The lowest BCUT2D eigenvalue weighted by Gasteiger charge is -2.32. The van der Waals surface area contributed by atoms with Crippen LogP contribution in [0, 0.1) is 0 Å². The van der Waals surface area contributed by atoms with Gasteiger partial charge in [-0.15, -0.1) is 11.3 Å². The molecule has 0 spiro atoms. The summed E-state index contributed by atoms with van der Waals surface area (Å²) < 4.78 is 37.8. The number of carbonyl (C=O) groups is 2. The monoisotopic (exact) mass is 618 g/mol. The number of hydrogen-bond donors (Lipinski definition) is 1. The largest absolute Gasteiger partial charge is 0.457 e. The van der Waals surface area contributed by atoms with E-state index >= 15 is 0 Å². The van der Waals surface area contributed by atoms with Crippen molar-refractivity contribution in [1.29, 1.82) is 0 Å². The molecule has 41 heavy (non-hydrogen) atoms. The van der Waals surface area contributed by atoms with Crippen LogP contribution in [0.25, 0.3) is 0 Å². The number of amides is 2. The molecule has 2 atom stereocenters. The summed E-state index contributed by atoms with van der Waals surface area (Å²) in [6, 6.07) is 17.1. The van der Waals surface area contributed by atoms with Gasteiger partial charge in [0.1, 0.15) is 16.2 Å². The van der Waals surface area contributed by atoms with E-state index in [4.69, 9.17) is 25.9 Å². The molecule has 2 aromatic carbocycles. The summed E-state index contributed by atoms with van der Waals surface area (Å²) in [5.74, 6) is -0.0214. The summed E-state index contributed by atoms with van der Waals surface area (Å²) >= 11 is 7.27. The van der Waals surface area contributed by atoms with Crippen molar-refractivity contribution in [2.24, 2.45) is 0 Å². The molecule has 0 radical (unpaired) electrons. The van der Waals surface area contributed by atoms with Crippen LogP contribution in [0.4, 0.5) is 0 Å². The second-order valence-corrected chi connectivity index (χ2v) is 13.8. The first-order valence-corrected chi connectivity index (χ1v) is 16.3. The highest BCUT2D eigenvalue weighted by Gasteiger charge is 2.49. The van der Waals surface area contributed by atoms with E-state index in [9.17, 15) is 18.0 Å². The lowest BCUT2D eigenvalue weighted by Crippen LogP contribution is -2.43. The Morgan fingerprint density at radius 1 is 1.05 bits per heavy atom. The zero-order chi connectivity index (χ0) is 28.9. The highest BCUT2D eigenvalue weighted by atomic mass is 35.5. The number of halogens is 1. The van der Waals surface area contributed by atoms with E-state index in [2.05, 4.69) is 5.48 Å². The van der Waals surface area contributed by atoms with Crippen LogP contribution in [0.2, 0.25) is 5.02 Å². The summed E-state index contributed by atoms with van der Waals surface area (Å²) in [5, 5.41) is 2.39. The van der Waals surface area contributed by atoms with E-state index in [1.807, 2.05) is 0 Å². The molecule has 2 saturated heterocycles. The fraction of sp³-hybridized carbons (Fsp3) is 0.379. The predicted molar refractivity (Wildman–Crippen MR) is 156 cm³/mol. The maximum atomic E-state index is 14.0. The first-order chi connectivity index (χ1) is 19.8. The highest BCUT2D eigenvalue weighted by Crippen LogP contribution is 2.41. The fourth-order valence-corrected chi connectivity index (χ4v) is 8.01. The van der Waals surface area contributed by atoms with Crippen LogP contribution in [0.3, 0.4) is 0 Å². The Morgan fingerprint density at radius 3 is 2.44 bits per heavy atom. The van der Waals surface area contributed by atoms with E-state index in [0.29, 0.717) is 40.0 Å². The van der Waals surface area contributed by atoms with Gasteiger partial charge >= 0.3 is 0 Å². The molecule has 0 aliphatic carbocycles. The van der Waals surface area contributed by atoms with Gasteiger partial charge in [0.25, 0.3) is 5.91 Å². The van der Waals surface area contributed by atoms with Crippen molar-refractivity contribution >= 4 is 44.6 Å². The van der Waals surface area contributed by atoms with Crippen molar-refractivity contribution in [3.63, 3.8) is 0 Å². The molecule has 1 aromatic heterocycles. The third-order valence-corrected chi connectivity index (χ3v) is 11.0. The first-order valence-electron chi connectivity index (χ1n) is 13.4. The third kappa shape index (κ3) is 6.92. The van der Waals surface area contributed by atoms with Gasteiger partial charge in [0.05, 0.1) is 17.1 Å². The van der Waals surface area contributed by atoms with Gasteiger partial charge in [0.15, 0.2) is 16.1 Å². The van der Waals surface area contributed by atoms with Crippen LogP contribution in [0.5, 0.6) is 11.5 Å². The molecule has 2 aliphatic rings. The van der Waals surface area contributed by atoms with E-state index < -0.39 is 26.8 Å². The van der Waals surface area contributed by atoms with E-state index in [1.165, 1.54) is 11.3 Å². The Bertz CT molecular complexity index is 1440. The maximum absolute atomic E-state index is 14.0. The second-order valence-electron chi connectivity index (χ2n) is 10.0. The molecular formula is C29H31ClN2O7S2. The number of ether oxygens (including phenoxy) is 2. The molecule has 2 unspecified atom stereocenters. The minimum absolute atomic E-state index is 0.0343. The summed E-state index contributed by atoms with van der Waals surface area (Å²) in [7, 11) is -3.92. The standard InChI is InChI=1S/C29H31ClN2O7S2/c30-22-8-12-24(13-9-22)38-23-10-6-21(7-11-23)29(20-26(33)31-39-27-5-1-2-17-37-27)14-15-32(16-19-41(29,35)36)28(34)25-4-3-18-40-25/h3-4,6-13,18,27H,1-2,5,14-17,19-20H2,(H,31,33). The quantitative estimate of drug-likeness (QED) is 0.340. The average molecular weight is 619 g/mol. The Hall–Kier alpha value is -2.96. The van der Waals surface area contributed by atoms with Crippen molar-refractivity contribution in [2.45, 2.75) is 43.1 Å². The van der Waals surface area contributed by atoms with Gasteiger partial charge in [-0.1, -0.05) is 29.8 Å². The van der Waals surface area contributed by atoms with Crippen LogP contribution in [-0.2, 0) is 29.0 Å². The van der Waals surface area contributed by atoms with Crippen molar-refractivity contribution < 1.29 is 32.3 Å². The maximum Gasteiger partial charge on any atom is 0.263 e. The summed E-state index contributed by atoms with van der Waals surface area (Å²) in [6.07, 6.45) is 1.57. The number of sulfone groups is 1. The molecule has 0 bridgehead atoms. The average Bonchev–Trinajstić information content (AvgIpc) is 3.48. The third-order valence-electron chi connectivity index (χ3n) is 7.35. The number of thiophene rings is 1. The molecule has 5 rings (SSSR count). The minimum Gasteiger partial charge on any atom is -0.457 e. The van der Waals surface area contributed by atoms with E-state index in [-0.39, 0.29) is 37.6 Å². The van der Waals surface area contributed by atoms with Crippen molar-refractivity contribution in [3.8, 4) is 11.5 Å². The molecule has 2 amide bonds. The lowest BCUT2D eigenvalue weighted by atomic mass is 9.90. The molecule has 9 nitrogen and oxygen atoms in total. The van der Waals surface area contributed by atoms with Crippen LogP contribution >= 0.6 is 22.9 Å². The topological polar surface area (TPSA) is 111 Å². The fourth-order valence-electron chi connectivity index (χ4n) is 5.09. The van der Waals surface area contributed by atoms with Gasteiger partial charge < -0.3 is 14.4 Å². The zero-order valence-corrected chi connectivity index (χ0v) is 24.7.